The van der Waals surface area contributed by atoms with Crippen molar-refractivity contribution in [3.05, 3.63) is 57.3 Å². The molecule has 1 fully saturated rings. The summed E-state index contributed by atoms with van der Waals surface area (Å²) < 4.78 is 10.5. The summed E-state index contributed by atoms with van der Waals surface area (Å²) in [6.45, 7) is 2.86. The normalized spacial score (nSPS) is 14.6. The number of thiophene rings is 1. The Hall–Kier alpha value is -3.31. The van der Waals surface area contributed by atoms with Crippen LogP contribution in [0.15, 0.2) is 40.9 Å². The van der Waals surface area contributed by atoms with E-state index in [-0.39, 0.29) is 10.9 Å². The number of nitro groups is 1. The van der Waals surface area contributed by atoms with Crippen LogP contribution in [0, 0.1) is 10.1 Å². The van der Waals surface area contributed by atoms with E-state index >= 15 is 0 Å². The molecule has 10 nitrogen and oxygen atoms in total. The van der Waals surface area contributed by atoms with Crippen molar-refractivity contribution in [2.75, 3.05) is 33.3 Å². The van der Waals surface area contributed by atoms with Crippen LogP contribution in [0.5, 0.6) is 5.75 Å². The molecule has 3 heterocycles. The van der Waals surface area contributed by atoms with E-state index in [0.717, 1.165) is 22.6 Å². The molecular formula is C19H19N5O5S. The average molecular weight is 429 g/mol. The predicted octanol–water partition coefficient (Wildman–Crippen LogP) is 2.67. The van der Waals surface area contributed by atoms with Gasteiger partial charge in [-0.3, -0.25) is 19.8 Å². The van der Waals surface area contributed by atoms with E-state index in [2.05, 4.69) is 15.0 Å². The second kappa shape index (κ2) is 8.59. The third kappa shape index (κ3) is 4.31. The molecule has 0 aliphatic carbocycles. The number of methoxy groups -OCH3 is 1. The number of carbonyl (C=O) groups excluding carboxylic acids is 1. The molecule has 0 radical (unpaired) electrons. The van der Waals surface area contributed by atoms with Crippen molar-refractivity contribution in [3.63, 3.8) is 0 Å². The molecule has 0 saturated carbocycles. The summed E-state index contributed by atoms with van der Waals surface area (Å²) in [6, 6.07) is 10.3. The van der Waals surface area contributed by atoms with Crippen molar-refractivity contribution < 1.29 is 19.0 Å². The quantitative estimate of drug-likeness (QED) is 0.434. The van der Waals surface area contributed by atoms with Crippen molar-refractivity contribution >= 4 is 22.2 Å². The number of hydrogen-bond donors (Lipinski definition) is 0. The molecule has 156 valence electrons. The van der Waals surface area contributed by atoms with E-state index in [0.29, 0.717) is 49.3 Å². The highest BCUT2D eigenvalue weighted by atomic mass is 32.1. The fourth-order valence-corrected chi connectivity index (χ4v) is 3.96. The van der Waals surface area contributed by atoms with E-state index < -0.39 is 4.92 Å². The average Bonchev–Trinajstić information content (AvgIpc) is 3.44. The van der Waals surface area contributed by atoms with Crippen LogP contribution in [0.4, 0.5) is 5.00 Å². The second-order valence-electron chi connectivity index (χ2n) is 6.70. The lowest BCUT2D eigenvalue weighted by Crippen LogP contribution is -2.48. The van der Waals surface area contributed by atoms with E-state index in [1.807, 2.05) is 24.3 Å². The minimum absolute atomic E-state index is 0.0268. The standard InChI is InChI=1S/C19H19N5O5S/c1-28-14-4-2-13(3-5-14)18-20-16(29-21-18)12-22-8-10-23(11-9-22)19(25)15-6-7-17(30-15)24(26)27/h2-7H,8-12H2,1H3. The Labute approximate surface area is 175 Å². The maximum absolute atomic E-state index is 12.6. The minimum atomic E-state index is -0.482. The molecule has 1 amide bonds. The maximum Gasteiger partial charge on any atom is 0.324 e. The molecule has 4 rings (SSSR count). The molecule has 1 aromatic carbocycles. The summed E-state index contributed by atoms with van der Waals surface area (Å²) in [5, 5.41) is 14.8. The Morgan fingerprint density at radius 2 is 1.93 bits per heavy atom. The first-order valence-corrected chi connectivity index (χ1v) is 10.1. The summed E-state index contributed by atoms with van der Waals surface area (Å²) in [5.41, 5.74) is 0.839. The summed E-state index contributed by atoms with van der Waals surface area (Å²) in [6.07, 6.45) is 0. The first-order valence-electron chi connectivity index (χ1n) is 9.26. The molecule has 0 atom stereocenters. The lowest BCUT2D eigenvalue weighted by molar-refractivity contribution is -0.380. The van der Waals surface area contributed by atoms with E-state index in [1.165, 1.54) is 12.1 Å². The third-order valence-electron chi connectivity index (χ3n) is 4.82. The van der Waals surface area contributed by atoms with Gasteiger partial charge in [-0.15, -0.1) is 0 Å². The van der Waals surface area contributed by atoms with Gasteiger partial charge in [-0.25, -0.2) is 0 Å². The number of rotatable bonds is 6. The highest BCUT2D eigenvalue weighted by Crippen LogP contribution is 2.25. The van der Waals surface area contributed by atoms with Crippen molar-refractivity contribution in [2.24, 2.45) is 0 Å². The van der Waals surface area contributed by atoms with Gasteiger partial charge in [0.05, 0.1) is 23.5 Å². The van der Waals surface area contributed by atoms with E-state index in [4.69, 9.17) is 9.26 Å². The Bertz CT molecular complexity index is 1040. The van der Waals surface area contributed by atoms with Gasteiger partial charge in [-0.05, 0) is 30.3 Å². The van der Waals surface area contributed by atoms with Crippen LogP contribution < -0.4 is 4.74 Å². The minimum Gasteiger partial charge on any atom is -0.497 e. The van der Waals surface area contributed by atoms with Crippen LogP contribution in [0.1, 0.15) is 15.6 Å². The van der Waals surface area contributed by atoms with Crippen LogP contribution >= 0.6 is 11.3 Å². The number of piperazine rings is 1. The van der Waals surface area contributed by atoms with Crippen LogP contribution in [0.3, 0.4) is 0 Å². The van der Waals surface area contributed by atoms with Crippen molar-refractivity contribution in [2.45, 2.75) is 6.54 Å². The van der Waals surface area contributed by atoms with Crippen molar-refractivity contribution in [1.82, 2.24) is 19.9 Å². The second-order valence-corrected chi connectivity index (χ2v) is 7.77. The Morgan fingerprint density at radius 3 is 2.57 bits per heavy atom. The predicted molar refractivity (Wildman–Crippen MR) is 108 cm³/mol. The first kappa shape index (κ1) is 20.0. The molecule has 2 aromatic heterocycles. The topological polar surface area (TPSA) is 115 Å². The SMILES string of the molecule is COc1ccc(-c2noc(CN3CCN(C(=O)c4ccc([N+](=O)[O-])s4)CC3)n2)cc1. The van der Waals surface area contributed by atoms with Crippen LogP contribution in [-0.4, -0.2) is 64.1 Å². The van der Waals surface area contributed by atoms with Gasteiger partial charge in [0.2, 0.25) is 11.7 Å². The fraction of sp³-hybridized carbons (Fsp3) is 0.316. The Kier molecular flexibility index (Phi) is 5.72. The summed E-state index contributed by atoms with van der Waals surface area (Å²) in [4.78, 5) is 31.6. The zero-order chi connectivity index (χ0) is 21.1. The number of hydrogen-bond acceptors (Lipinski definition) is 9. The molecule has 0 N–H and O–H groups in total. The van der Waals surface area contributed by atoms with Crippen LogP contribution in [0.2, 0.25) is 0 Å². The van der Waals surface area contributed by atoms with Gasteiger partial charge in [0.15, 0.2) is 0 Å². The zero-order valence-corrected chi connectivity index (χ0v) is 17.0. The monoisotopic (exact) mass is 429 g/mol. The fourth-order valence-electron chi connectivity index (χ4n) is 3.17. The third-order valence-corrected chi connectivity index (χ3v) is 5.84. The lowest BCUT2D eigenvalue weighted by Gasteiger charge is -2.33. The molecule has 30 heavy (non-hydrogen) atoms. The Balaban J connectivity index is 1.32. The lowest BCUT2D eigenvalue weighted by atomic mass is 10.2. The largest absolute Gasteiger partial charge is 0.497 e. The number of carbonyl (C=O) groups is 1. The number of benzene rings is 1. The molecule has 0 unspecified atom stereocenters. The van der Waals surface area contributed by atoms with Crippen LogP contribution in [-0.2, 0) is 6.54 Å². The van der Waals surface area contributed by atoms with Crippen LogP contribution in [0.25, 0.3) is 11.4 Å². The number of amides is 1. The number of ether oxygens (including phenoxy) is 1. The number of nitrogens with zero attached hydrogens (tertiary/aromatic N) is 5. The Morgan fingerprint density at radius 1 is 1.20 bits per heavy atom. The van der Waals surface area contributed by atoms with E-state index in [9.17, 15) is 14.9 Å². The molecule has 1 aliphatic heterocycles. The van der Waals surface area contributed by atoms with Gasteiger partial charge >= 0.3 is 5.00 Å². The molecule has 1 aliphatic rings. The van der Waals surface area contributed by atoms with Gasteiger partial charge in [0.1, 0.15) is 5.75 Å². The van der Waals surface area contributed by atoms with Gasteiger partial charge < -0.3 is 14.2 Å². The maximum atomic E-state index is 12.6. The molecule has 0 bridgehead atoms. The van der Waals surface area contributed by atoms with Gasteiger partial charge in [0.25, 0.3) is 5.91 Å². The highest BCUT2D eigenvalue weighted by Gasteiger charge is 2.25. The van der Waals surface area contributed by atoms with Gasteiger partial charge in [-0.2, -0.15) is 4.98 Å². The zero-order valence-electron chi connectivity index (χ0n) is 16.2. The smallest absolute Gasteiger partial charge is 0.324 e. The molecule has 0 spiro atoms. The van der Waals surface area contributed by atoms with Crippen molar-refractivity contribution in [1.29, 1.82) is 0 Å². The molecule has 1 saturated heterocycles. The number of aromatic nitrogens is 2. The van der Waals surface area contributed by atoms with Crippen molar-refractivity contribution in [3.8, 4) is 17.1 Å². The molecule has 11 heteroatoms. The first-order chi connectivity index (χ1) is 14.5. The summed E-state index contributed by atoms with van der Waals surface area (Å²) >= 11 is 0.904. The van der Waals surface area contributed by atoms with E-state index in [1.54, 1.807) is 12.0 Å². The van der Waals surface area contributed by atoms with Gasteiger partial charge in [-0.1, -0.05) is 16.5 Å². The van der Waals surface area contributed by atoms with Gasteiger partial charge in [0, 0.05) is 37.8 Å². The summed E-state index contributed by atoms with van der Waals surface area (Å²) in [5.74, 6) is 1.61. The highest BCUT2D eigenvalue weighted by molar-refractivity contribution is 7.17. The molecule has 3 aromatic rings. The molecular weight excluding hydrogens is 410 g/mol. The summed E-state index contributed by atoms with van der Waals surface area (Å²) in [7, 11) is 1.61.